The molecule has 7 aliphatic carbocycles. The van der Waals surface area contributed by atoms with Gasteiger partial charge in [0.1, 0.15) is 0 Å². The average molecular weight is 619 g/mol. The molecular formula is C43H58N2O. The highest BCUT2D eigenvalue weighted by atomic mass is 16.5. The van der Waals surface area contributed by atoms with E-state index in [1.807, 2.05) is 5.57 Å². The predicted molar refractivity (Wildman–Crippen MR) is 188 cm³/mol. The summed E-state index contributed by atoms with van der Waals surface area (Å²) in [6.45, 7) is 0. The normalized spacial score (nSPS) is 49.2. The van der Waals surface area contributed by atoms with Crippen LogP contribution in [0.1, 0.15) is 122 Å². The summed E-state index contributed by atoms with van der Waals surface area (Å²) in [5.74, 6) is 5.62. The van der Waals surface area contributed by atoms with Crippen LogP contribution < -0.4 is 5.32 Å². The highest BCUT2D eigenvalue weighted by Gasteiger charge is 2.68. The van der Waals surface area contributed by atoms with Crippen molar-refractivity contribution in [2.75, 3.05) is 0 Å². The van der Waals surface area contributed by atoms with Crippen LogP contribution in [-0.2, 0) is 4.74 Å². The number of hydrogen-bond donors (Lipinski definition) is 1. The number of nitrogens with zero attached hydrogens (tertiary/aromatic N) is 1. The fourth-order valence-electron chi connectivity index (χ4n) is 13.9. The lowest BCUT2D eigenvalue weighted by Gasteiger charge is -2.61. The maximum Gasteiger partial charge on any atom is 0.0794 e. The third-order valence-electron chi connectivity index (χ3n) is 15.6. The SMILES string of the molecule is C1=CC2C3CCCCC3C3(C4=CCCCC4OC4CC(C5C=CC6=CCC7CCC(C8=CCCCC8)=NC7C6N5)CCC43)C2CC1. The maximum atomic E-state index is 7.36. The van der Waals surface area contributed by atoms with Crippen molar-refractivity contribution in [3.05, 3.63) is 59.3 Å². The Morgan fingerprint density at radius 1 is 0.761 bits per heavy atom. The van der Waals surface area contributed by atoms with E-state index in [1.165, 1.54) is 133 Å². The van der Waals surface area contributed by atoms with Gasteiger partial charge in [0.05, 0.1) is 24.3 Å². The third-order valence-corrected chi connectivity index (χ3v) is 15.6. The molecule has 0 aromatic heterocycles. The molecule has 1 spiro atoms. The molecule has 0 aromatic carbocycles. The largest absolute Gasteiger partial charge is 0.370 e. The Kier molecular flexibility index (Phi) is 7.44. The first-order valence-electron chi connectivity index (χ1n) is 20.2. The van der Waals surface area contributed by atoms with E-state index in [1.54, 1.807) is 5.57 Å². The highest BCUT2D eigenvalue weighted by molar-refractivity contribution is 6.00. The van der Waals surface area contributed by atoms with E-state index in [9.17, 15) is 0 Å². The van der Waals surface area contributed by atoms with Gasteiger partial charge in [0.25, 0.3) is 0 Å². The molecule has 13 atom stereocenters. The molecule has 246 valence electrons. The zero-order chi connectivity index (χ0) is 30.2. The van der Waals surface area contributed by atoms with Crippen molar-refractivity contribution in [1.29, 1.82) is 0 Å². The van der Waals surface area contributed by atoms with Crippen LogP contribution in [0.25, 0.3) is 0 Å². The quantitative estimate of drug-likeness (QED) is 0.313. The van der Waals surface area contributed by atoms with Gasteiger partial charge in [0.2, 0.25) is 0 Å². The van der Waals surface area contributed by atoms with Crippen LogP contribution in [-0.4, -0.2) is 36.0 Å². The molecule has 1 saturated heterocycles. The molecule has 3 saturated carbocycles. The van der Waals surface area contributed by atoms with Crippen molar-refractivity contribution < 1.29 is 4.74 Å². The lowest BCUT2D eigenvalue weighted by Crippen LogP contribution is -2.60. The smallest absolute Gasteiger partial charge is 0.0794 e. The van der Waals surface area contributed by atoms with Crippen LogP contribution >= 0.6 is 0 Å². The molecule has 0 aromatic rings. The molecule has 10 rings (SSSR count). The average Bonchev–Trinajstić information content (AvgIpc) is 3.42. The van der Waals surface area contributed by atoms with Crippen LogP contribution in [0.15, 0.2) is 64.2 Å². The van der Waals surface area contributed by atoms with Gasteiger partial charge < -0.3 is 10.1 Å². The van der Waals surface area contributed by atoms with E-state index in [-0.39, 0.29) is 0 Å². The van der Waals surface area contributed by atoms with E-state index in [4.69, 9.17) is 9.73 Å². The minimum atomic E-state index is 0.394. The number of allylic oxidation sites excluding steroid dienone is 6. The van der Waals surface area contributed by atoms with Crippen LogP contribution in [0.5, 0.6) is 0 Å². The molecule has 13 unspecified atom stereocenters. The molecule has 46 heavy (non-hydrogen) atoms. The number of aliphatic imine (C=N–C) groups is 1. The summed E-state index contributed by atoms with van der Waals surface area (Å²) in [6.07, 6.45) is 44.5. The number of rotatable bonds is 2. The molecular weight excluding hydrogens is 560 g/mol. The van der Waals surface area contributed by atoms with Gasteiger partial charge in [-0.2, -0.15) is 0 Å². The molecule has 3 nitrogen and oxygen atoms in total. The second kappa shape index (κ2) is 11.7. The first-order valence-corrected chi connectivity index (χ1v) is 20.2. The zero-order valence-electron chi connectivity index (χ0n) is 28.3. The lowest BCUT2D eigenvalue weighted by atomic mass is 9.49. The molecule has 10 aliphatic rings. The topological polar surface area (TPSA) is 33.6 Å². The summed E-state index contributed by atoms with van der Waals surface area (Å²) in [6, 6.07) is 1.26. The minimum Gasteiger partial charge on any atom is -0.370 e. The van der Waals surface area contributed by atoms with Gasteiger partial charge in [-0.15, -0.1) is 0 Å². The van der Waals surface area contributed by atoms with Crippen molar-refractivity contribution in [2.24, 2.45) is 51.8 Å². The zero-order valence-corrected chi connectivity index (χ0v) is 28.3. The highest BCUT2D eigenvalue weighted by Crippen LogP contribution is 2.72. The first kappa shape index (κ1) is 29.2. The second-order valence-corrected chi connectivity index (χ2v) is 17.4. The Hall–Kier alpha value is -1.71. The number of hydrogen-bond acceptors (Lipinski definition) is 3. The molecule has 0 radical (unpaired) electrons. The van der Waals surface area contributed by atoms with Crippen molar-refractivity contribution in [3.8, 4) is 0 Å². The van der Waals surface area contributed by atoms with Crippen molar-refractivity contribution in [1.82, 2.24) is 5.32 Å². The predicted octanol–water partition coefficient (Wildman–Crippen LogP) is 9.62. The van der Waals surface area contributed by atoms with E-state index in [2.05, 4.69) is 47.8 Å². The first-order chi connectivity index (χ1) is 22.8. The summed E-state index contributed by atoms with van der Waals surface area (Å²) >= 11 is 0. The third kappa shape index (κ3) is 4.45. The molecule has 0 bridgehead atoms. The van der Waals surface area contributed by atoms with Gasteiger partial charge >= 0.3 is 0 Å². The fraction of sp³-hybridized carbons (Fsp3) is 0.744. The van der Waals surface area contributed by atoms with Gasteiger partial charge in [-0.1, -0.05) is 55.4 Å². The van der Waals surface area contributed by atoms with Gasteiger partial charge in [-0.05, 0) is 167 Å². The van der Waals surface area contributed by atoms with E-state index in [0.717, 1.165) is 29.6 Å². The summed E-state index contributed by atoms with van der Waals surface area (Å²) in [7, 11) is 0. The Labute approximate surface area is 278 Å². The summed E-state index contributed by atoms with van der Waals surface area (Å²) < 4.78 is 7.36. The summed E-state index contributed by atoms with van der Waals surface area (Å²) in [4.78, 5) is 5.60. The number of ether oxygens (including phenoxy) is 1. The van der Waals surface area contributed by atoms with Gasteiger partial charge in [0, 0.05) is 17.2 Å². The monoisotopic (exact) mass is 618 g/mol. The lowest BCUT2D eigenvalue weighted by molar-refractivity contribution is -0.164. The summed E-state index contributed by atoms with van der Waals surface area (Å²) in [5.41, 5.74) is 6.81. The molecule has 0 amide bonds. The standard InChI is InChI=1S/C43H58N2O/c1-2-10-27(11-3-1)37-24-21-28-18-19-29-22-25-38(45-42(29)41(28)44-37)30-20-23-36-40(26-30)46-39-17-9-8-16-35(39)43(36)33-14-6-4-12-31(33)32-13-5-7-15-34(32)43/h4,10,12,16,19,22,25,28,30-34,36,38-42,45H,1-3,5-9,11,13-15,17-18,20-21,23-24,26H2. The van der Waals surface area contributed by atoms with E-state index < -0.39 is 0 Å². The fourth-order valence-corrected chi connectivity index (χ4v) is 13.9. The minimum absolute atomic E-state index is 0.394. The van der Waals surface area contributed by atoms with Crippen LogP contribution in [0.2, 0.25) is 0 Å². The summed E-state index contributed by atoms with van der Waals surface area (Å²) in [5, 5.41) is 4.29. The van der Waals surface area contributed by atoms with Crippen LogP contribution in [0, 0.1) is 46.8 Å². The van der Waals surface area contributed by atoms with Crippen molar-refractivity contribution in [2.45, 2.75) is 152 Å². The molecule has 4 fully saturated rings. The Bertz CT molecular complexity index is 1400. The molecule has 3 heterocycles. The van der Waals surface area contributed by atoms with Crippen LogP contribution in [0.4, 0.5) is 0 Å². The Balaban J connectivity index is 0.940. The Morgan fingerprint density at radius 3 is 2.67 bits per heavy atom. The van der Waals surface area contributed by atoms with Crippen molar-refractivity contribution >= 4 is 5.71 Å². The maximum absolute atomic E-state index is 7.36. The van der Waals surface area contributed by atoms with Crippen LogP contribution in [0.3, 0.4) is 0 Å². The number of fused-ring (bicyclic) bond motifs is 12. The van der Waals surface area contributed by atoms with Gasteiger partial charge in [-0.3, -0.25) is 4.99 Å². The van der Waals surface area contributed by atoms with E-state index >= 15 is 0 Å². The molecule has 3 heteroatoms. The molecule has 3 aliphatic heterocycles. The molecule has 1 N–H and O–H groups in total. The van der Waals surface area contributed by atoms with E-state index in [0.29, 0.717) is 47.6 Å². The Morgan fingerprint density at radius 2 is 1.72 bits per heavy atom. The second-order valence-electron chi connectivity index (χ2n) is 17.4. The van der Waals surface area contributed by atoms with Gasteiger partial charge in [0.15, 0.2) is 0 Å². The number of nitrogens with one attached hydrogen (secondary N) is 1. The van der Waals surface area contributed by atoms with Crippen molar-refractivity contribution in [3.63, 3.8) is 0 Å². The van der Waals surface area contributed by atoms with Gasteiger partial charge in [-0.25, -0.2) is 0 Å².